The zero-order valence-electron chi connectivity index (χ0n) is 29.7. The number of hydrogen-bond acceptors (Lipinski definition) is 0. The molecule has 9 aromatic rings. The van der Waals surface area contributed by atoms with Crippen LogP contribution in [0, 0.1) is 0 Å². The van der Waals surface area contributed by atoms with Crippen molar-refractivity contribution < 1.29 is 0 Å². The second-order valence-corrected chi connectivity index (χ2v) is 15.6. The Hall–Kier alpha value is -6.50. The lowest BCUT2D eigenvalue weighted by atomic mass is 9.81. The van der Waals surface area contributed by atoms with Gasteiger partial charge in [-0.3, -0.25) is 0 Å². The van der Waals surface area contributed by atoms with E-state index in [9.17, 15) is 0 Å². The molecule has 0 fully saturated rings. The number of benzene rings is 9. The molecule has 0 heterocycles. The van der Waals surface area contributed by atoms with Crippen molar-refractivity contribution in [1.29, 1.82) is 0 Å². The summed E-state index contributed by atoms with van der Waals surface area (Å²) in [4.78, 5) is 0. The van der Waals surface area contributed by atoms with E-state index in [1.165, 1.54) is 122 Å². The maximum Gasteiger partial charge on any atom is 0.0159 e. The fourth-order valence-corrected chi connectivity index (χ4v) is 10.1. The highest BCUT2D eigenvalue weighted by Gasteiger charge is 2.35. The zero-order valence-corrected chi connectivity index (χ0v) is 29.7. The van der Waals surface area contributed by atoms with Gasteiger partial charge >= 0.3 is 0 Å². The van der Waals surface area contributed by atoms with Crippen LogP contribution >= 0.6 is 0 Å². The first kappa shape index (κ1) is 29.1. The van der Waals surface area contributed by atoms with E-state index in [1.54, 1.807) is 0 Å². The second kappa shape index (κ2) is 10.3. The summed E-state index contributed by atoms with van der Waals surface area (Å²) in [7, 11) is 0. The molecule has 0 heteroatoms. The van der Waals surface area contributed by atoms with Crippen LogP contribution in [0.1, 0.15) is 25.0 Å². The largest absolute Gasteiger partial charge is 0.0619 e. The molecule has 0 bridgehead atoms. The summed E-state index contributed by atoms with van der Waals surface area (Å²) < 4.78 is 0. The minimum atomic E-state index is -0.0677. The van der Waals surface area contributed by atoms with Gasteiger partial charge in [0.2, 0.25) is 0 Å². The van der Waals surface area contributed by atoms with Gasteiger partial charge < -0.3 is 0 Å². The Morgan fingerprint density at radius 1 is 0.264 bits per heavy atom. The fraction of sp³-hybridized carbons (Fsp3) is 0.0566. The second-order valence-electron chi connectivity index (χ2n) is 15.6. The molecule has 246 valence electrons. The molecule has 0 atom stereocenters. The Balaban J connectivity index is 1.11. The molecular weight excluding hydrogens is 637 g/mol. The summed E-state index contributed by atoms with van der Waals surface area (Å²) in [5.41, 5.74) is 23.6. The van der Waals surface area contributed by atoms with Crippen molar-refractivity contribution in [2.75, 3.05) is 0 Å². The number of fused-ring (bicyclic) bond motifs is 9. The van der Waals surface area contributed by atoms with E-state index in [1.807, 2.05) is 0 Å². The van der Waals surface area contributed by atoms with Crippen LogP contribution in [0.5, 0.6) is 0 Å². The molecule has 0 radical (unpaired) electrons. The van der Waals surface area contributed by atoms with E-state index in [0.717, 1.165) is 0 Å². The molecule has 3 aliphatic carbocycles. The van der Waals surface area contributed by atoms with Gasteiger partial charge in [0.05, 0.1) is 0 Å². The van der Waals surface area contributed by atoms with Crippen LogP contribution in [0.15, 0.2) is 170 Å². The normalized spacial score (nSPS) is 13.6. The van der Waals surface area contributed by atoms with Crippen LogP contribution in [0.25, 0.3) is 111 Å². The lowest BCUT2D eigenvalue weighted by molar-refractivity contribution is 0.660. The van der Waals surface area contributed by atoms with Gasteiger partial charge in [0.1, 0.15) is 0 Å². The summed E-state index contributed by atoms with van der Waals surface area (Å²) >= 11 is 0. The summed E-state index contributed by atoms with van der Waals surface area (Å²) in [6, 6.07) is 64.2. The summed E-state index contributed by atoms with van der Waals surface area (Å²) in [6.45, 7) is 4.75. The molecule has 0 aliphatic heterocycles. The Morgan fingerprint density at radius 3 is 1.21 bits per heavy atom. The maximum absolute atomic E-state index is 2.46. The van der Waals surface area contributed by atoms with E-state index < -0.39 is 0 Å². The van der Waals surface area contributed by atoms with E-state index in [2.05, 4.69) is 184 Å². The van der Waals surface area contributed by atoms with Crippen LogP contribution in [-0.2, 0) is 5.41 Å². The molecular formula is C53H34. The molecule has 3 aliphatic rings. The Kier molecular flexibility index (Phi) is 5.66. The molecule has 0 saturated heterocycles. The van der Waals surface area contributed by atoms with Gasteiger partial charge in [0.15, 0.2) is 0 Å². The highest BCUT2D eigenvalue weighted by Crippen LogP contribution is 2.53. The Labute approximate surface area is 309 Å². The van der Waals surface area contributed by atoms with Crippen molar-refractivity contribution in [3.63, 3.8) is 0 Å². The number of hydrogen-bond donors (Lipinski definition) is 0. The lowest BCUT2D eigenvalue weighted by Gasteiger charge is -2.22. The average Bonchev–Trinajstić information content (AvgIpc) is 3.80. The van der Waals surface area contributed by atoms with Crippen molar-refractivity contribution in [3.05, 3.63) is 181 Å². The molecule has 0 amide bonds. The van der Waals surface area contributed by atoms with E-state index in [-0.39, 0.29) is 5.41 Å². The van der Waals surface area contributed by atoms with Crippen LogP contribution in [0.2, 0.25) is 0 Å². The van der Waals surface area contributed by atoms with Crippen LogP contribution in [-0.4, -0.2) is 0 Å². The van der Waals surface area contributed by atoms with Crippen LogP contribution in [0.3, 0.4) is 0 Å². The first-order chi connectivity index (χ1) is 26.0. The van der Waals surface area contributed by atoms with Crippen LogP contribution in [0.4, 0.5) is 0 Å². The number of rotatable bonds is 3. The summed E-state index contributed by atoms with van der Waals surface area (Å²) in [5, 5.41) is 5.33. The lowest BCUT2D eigenvalue weighted by Crippen LogP contribution is -2.14. The molecule has 9 aromatic carbocycles. The third kappa shape index (κ3) is 3.85. The van der Waals surface area contributed by atoms with Gasteiger partial charge in [-0.25, -0.2) is 0 Å². The molecule has 0 spiro atoms. The van der Waals surface area contributed by atoms with E-state index in [4.69, 9.17) is 0 Å². The van der Waals surface area contributed by atoms with Gasteiger partial charge in [0.25, 0.3) is 0 Å². The van der Waals surface area contributed by atoms with Gasteiger partial charge in [-0.15, -0.1) is 0 Å². The fourth-order valence-electron chi connectivity index (χ4n) is 10.1. The zero-order chi connectivity index (χ0) is 35.0. The van der Waals surface area contributed by atoms with Gasteiger partial charge in [-0.05, 0) is 146 Å². The van der Waals surface area contributed by atoms with Gasteiger partial charge in [-0.1, -0.05) is 159 Å². The Morgan fingerprint density at radius 2 is 0.660 bits per heavy atom. The predicted molar refractivity (Wildman–Crippen MR) is 224 cm³/mol. The van der Waals surface area contributed by atoms with Crippen molar-refractivity contribution in [2.24, 2.45) is 0 Å². The predicted octanol–water partition coefficient (Wildman–Crippen LogP) is 14.6. The minimum Gasteiger partial charge on any atom is -0.0619 e. The Bertz CT molecular complexity index is 2870. The third-order valence-corrected chi connectivity index (χ3v) is 12.6. The SMILES string of the molecule is CC1(C)c2ccccc2-c2ccc(-c3cc(-c4ccc5c6c(cccc46)-c4ccccc4-5)cc(-c4ccc5c6c(cccc46)-c4ccccc4-5)c3)cc21. The molecule has 0 N–H and O–H groups in total. The van der Waals surface area contributed by atoms with E-state index >= 15 is 0 Å². The molecule has 0 nitrogen and oxygen atoms in total. The quantitative estimate of drug-likeness (QED) is 0.175. The highest BCUT2D eigenvalue weighted by atomic mass is 14.4. The molecule has 0 saturated carbocycles. The minimum absolute atomic E-state index is 0.0677. The van der Waals surface area contributed by atoms with Crippen molar-refractivity contribution in [1.82, 2.24) is 0 Å². The highest BCUT2D eigenvalue weighted by molar-refractivity contribution is 6.20. The van der Waals surface area contributed by atoms with Gasteiger partial charge in [0, 0.05) is 5.41 Å². The molecule has 53 heavy (non-hydrogen) atoms. The first-order valence-corrected chi connectivity index (χ1v) is 18.8. The van der Waals surface area contributed by atoms with Crippen molar-refractivity contribution in [2.45, 2.75) is 19.3 Å². The maximum atomic E-state index is 2.46. The summed E-state index contributed by atoms with van der Waals surface area (Å²) in [6.07, 6.45) is 0. The topological polar surface area (TPSA) is 0 Å². The third-order valence-electron chi connectivity index (χ3n) is 12.6. The standard InChI is InChI=1S/C53H34/c1-53(2)49-20-8-7-15-41(49)42-22-21-31(30-50(42)53)32-27-33(35-23-25-47-39-13-5-3-11-37(39)45-18-9-16-43(35)51(45)47)29-34(28-32)36-24-26-48-40-14-6-4-12-38(40)46-19-10-17-44(36)52(46)48/h3-30H,1-2H3. The first-order valence-electron chi connectivity index (χ1n) is 18.8. The monoisotopic (exact) mass is 670 g/mol. The van der Waals surface area contributed by atoms with Crippen LogP contribution < -0.4 is 0 Å². The van der Waals surface area contributed by atoms with E-state index in [0.29, 0.717) is 0 Å². The summed E-state index contributed by atoms with van der Waals surface area (Å²) in [5.74, 6) is 0. The average molecular weight is 671 g/mol. The molecule has 12 rings (SSSR count). The molecule has 0 unspecified atom stereocenters. The van der Waals surface area contributed by atoms with Crippen molar-refractivity contribution in [3.8, 4) is 89.0 Å². The van der Waals surface area contributed by atoms with Crippen molar-refractivity contribution >= 4 is 21.5 Å². The molecule has 0 aromatic heterocycles. The van der Waals surface area contributed by atoms with Gasteiger partial charge in [-0.2, -0.15) is 0 Å². The smallest absolute Gasteiger partial charge is 0.0159 e.